The molecule has 4 aromatic heterocycles. The lowest BCUT2D eigenvalue weighted by Gasteiger charge is -2.26. The number of hydrogen-bond acceptors (Lipinski definition) is 12. The fraction of sp³-hybridized carbons (Fsp3) is 0.0870. The first kappa shape index (κ1) is 77.0. The van der Waals surface area contributed by atoms with Crippen molar-refractivity contribution in [2.45, 2.75) is 50.6 Å². The van der Waals surface area contributed by atoms with Crippen LogP contribution >= 0.6 is 0 Å². The van der Waals surface area contributed by atoms with E-state index in [2.05, 4.69) is 96.9 Å². The predicted molar refractivity (Wildman–Crippen MR) is 424 cm³/mol. The number of nitrogens with zero attached hydrogens (tertiary/aromatic N) is 8. The van der Waals surface area contributed by atoms with Gasteiger partial charge in [-0.1, -0.05) is 196 Å². The first-order chi connectivity index (χ1) is 56.1. The standard InChI is InChI=1S/C92H60F12N8O4Si/c1-5-54(81-105-108-84(113-81)64-30-17-33-69(48-64)89(93,94)95)37-36-53(2)76(73-45-43-67(87-111-110-86(116-87)66-32-19-35-71(50-66)91(99,100)101)51-74(73)61-27-16-29-63(47-61)83-107-109-85(115-83)65-31-18-34-70(49-65)90(96,97)98)56-38-40-59(41-39-56)82-106-112-88(114-82)68-42-44-72(75(52-68)92(102,103)104)60-26-15-28-62(46-60)78-77(55-20-9-6-10-21-55)79(57-22-11-7-12-23-57)117(3,4)80(78)58-24-13-8-14-25-58/h5-52,76H,2H2,1,3-4H3/b37-36-,54-5+/t76-/m1/s1. The quantitative estimate of drug-likeness (QED) is 0.0430. The topological polar surface area (TPSA) is 156 Å². The van der Waals surface area contributed by atoms with Crippen LogP contribution in [0.1, 0.15) is 74.4 Å². The van der Waals surface area contributed by atoms with E-state index in [0.717, 1.165) is 81.1 Å². The van der Waals surface area contributed by atoms with E-state index in [0.29, 0.717) is 50.1 Å². The summed E-state index contributed by atoms with van der Waals surface area (Å²) >= 11 is 0. The lowest BCUT2D eigenvalue weighted by molar-refractivity contribution is -0.138. The summed E-state index contributed by atoms with van der Waals surface area (Å²) in [5, 5.41) is 35.9. The van der Waals surface area contributed by atoms with Crippen molar-refractivity contribution >= 4 is 35.2 Å². The Labute approximate surface area is 661 Å². The van der Waals surface area contributed by atoms with Gasteiger partial charge in [0.25, 0.3) is 0 Å². The van der Waals surface area contributed by atoms with Gasteiger partial charge >= 0.3 is 24.7 Å². The van der Waals surface area contributed by atoms with Crippen molar-refractivity contribution in [2.75, 3.05) is 0 Å². The van der Waals surface area contributed by atoms with Crippen LogP contribution < -0.4 is 0 Å². The highest BCUT2D eigenvalue weighted by Crippen LogP contribution is 2.57. The first-order valence-electron chi connectivity index (χ1n) is 36.4. The molecule has 0 bridgehead atoms. The Morgan fingerprint density at radius 3 is 1.15 bits per heavy atom. The average Bonchev–Trinajstić information content (AvgIpc) is 1.56. The van der Waals surface area contributed by atoms with Crippen LogP contribution in [0.5, 0.6) is 0 Å². The van der Waals surface area contributed by atoms with E-state index in [1.165, 1.54) is 53.7 Å². The van der Waals surface area contributed by atoms with Crippen molar-refractivity contribution in [3.8, 4) is 102 Å². The van der Waals surface area contributed by atoms with Gasteiger partial charge in [0.2, 0.25) is 47.1 Å². The minimum atomic E-state index is -4.88. The zero-order valence-electron chi connectivity index (χ0n) is 61.7. The minimum Gasteiger partial charge on any atom is -0.416 e. The largest absolute Gasteiger partial charge is 0.417 e. The van der Waals surface area contributed by atoms with Gasteiger partial charge in [-0.2, -0.15) is 52.7 Å². The van der Waals surface area contributed by atoms with Crippen LogP contribution in [0.2, 0.25) is 13.1 Å². The molecule has 117 heavy (non-hydrogen) atoms. The van der Waals surface area contributed by atoms with Gasteiger partial charge < -0.3 is 17.7 Å². The maximum atomic E-state index is 15.9. The van der Waals surface area contributed by atoms with E-state index in [1.54, 1.807) is 104 Å². The molecule has 0 amide bonds. The molecular formula is C92H60F12N8O4Si. The molecule has 0 saturated heterocycles. The third kappa shape index (κ3) is 15.7. The van der Waals surface area contributed by atoms with E-state index in [9.17, 15) is 39.5 Å². The van der Waals surface area contributed by atoms with Gasteiger partial charge in [0.05, 0.1) is 22.3 Å². The predicted octanol–water partition coefficient (Wildman–Crippen LogP) is 26.0. The summed E-state index contributed by atoms with van der Waals surface area (Å²) < 4.78 is 197. The molecule has 0 aliphatic carbocycles. The van der Waals surface area contributed by atoms with Crippen LogP contribution in [-0.4, -0.2) is 48.9 Å². The molecule has 1 atom stereocenters. The van der Waals surface area contributed by atoms with Crippen molar-refractivity contribution < 1.29 is 70.4 Å². The monoisotopic (exact) mass is 1600 g/mol. The van der Waals surface area contributed by atoms with E-state index in [-0.39, 0.29) is 80.5 Å². The summed E-state index contributed by atoms with van der Waals surface area (Å²) in [5.74, 6) is -2.10. The zero-order chi connectivity index (χ0) is 81.7. The smallest absolute Gasteiger partial charge is 0.416 e. The first-order valence-corrected chi connectivity index (χ1v) is 39.4. The van der Waals surface area contributed by atoms with Gasteiger partial charge in [-0.15, -0.1) is 40.8 Å². The van der Waals surface area contributed by atoms with Crippen LogP contribution in [0.15, 0.2) is 321 Å². The second kappa shape index (κ2) is 30.8. The molecule has 25 heteroatoms. The fourth-order valence-electron chi connectivity index (χ4n) is 14.7. The van der Waals surface area contributed by atoms with Gasteiger partial charge in [-0.05, 0) is 205 Å². The summed E-state index contributed by atoms with van der Waals surface area (Å²) in [6.45, 7) is 10.9. The van der Waals surface area contributed by atoms with Crippen LogP contribution in [0, 0.1) is 0 Å². The van der Waals surface area contributed by atoms with Crippen molar-refractivity contribution in [1.82, 2.24) is 40.8 Å². The van der Waals surface area contributed by atoms with Crippen molar-refractivity contribution in [3.05, 3.63) is 365 Å². The number of aromatic nitrogens is 8. The third-order valence-corrected chi connectivity index (χ3v) is 23.7. The molecule has 1 aliphatic rings. The maximum Gasteiger partial charge on any atom is 0.417 e. The second-order valence-corrected chi connectivity index (χ2v) is 32.3. The molecule has 0 saturated carbocycles. The molecule has 15 aromatic rings. The Morgan fingerprint density at radius 1 is 0.325 bits per heavy atom. The highest BCUT2D eigenvalue weighted by molar-refractivity contribution is 7.13. The third-order valence-electron chi connectivity index (χ3n) is 20.2. The fourth-order valence-corrected chi connectivity index (χ4v) is 18.5. The number of hydrogen-bond donors (Lipinski definition) is 0. The van der Waals surface area contributed by atoms with Gasteiger partial charge in [0, 0.05) is 50.4 Å². The lowest BCUT2D eigenvalue weighted by atomic mass is 9.80. The molecular weight excluding hydrogens is 1540 g/mol. The Balaban J connectivity index is 0.778. The molecule has 0 fully saturated rings. The summed E-state index contributed by atoms with van der Waals surface area (Å²) in [4.78, 5) is 0. The number of rotatable bonds is 19. The van der Waals surface area contributed by atoms with Crippen LogP contribution in [0.25, 0.3) is 130 Å². The zero-order valence-corrected chi connectivity index (χ0v) is 62.7. The molecule has 580 valence electrons. The Bertz CT molecular complexity index is 6410. The van der Waals surface area contributed by atoms with Crippen LogP contribution in [-0.2, 0) is 24.7 Å². The number of benzene rings is 11. The molecule has 12 nitrogen and oxygen atoms in total. The Kier molecular flexibility index (Phi) is 20.3. The minimum absolute atomic E-state index is 0.00632. The molecule has 11 aromatic carbocycles. The van der Waals surface area contributed by atoms with Crippen molar-refractivity contribution in [1.29, 1.82) is 0 Å². The highest BCUT2D eigenvalue weighted by atomic mass is 28.3. The molecule has 5 heterocycles. The SMILES string of the molecule is C=C(/C=C\C(=C/C)c1nnc(-c2cccc(C(F)(F)F)c2)o1)[C@H](c1ccc(-c2nnc(-c3ccc(-c4cccc(C5=C(c6ccccc6)[Si](C)(C)C(c6ccccc6)=C5c5ccccc5)c4)c(C(F)(F)F)c3)o2)cc1)c1ccc(-c2nnc(-c3cccc(C(F)(F)F)c3)o2)cc1-c1cccc(-c2nnc(-c3cccc(C(F)(F)F)c3)o2)c1. The van der Waals surface area contributed by atoms with Gasteiger partial charge in [-0.25, -0.2) is 0 Å². The van der Waals surface area contributed by atoms with Crippen molar-refractivity contribution in [2.24, 2.45) is 0 Å². The van der Waals surface area contributed by atoms with E-state index in [1.807, 2.05) is 66.7 Å². The normalized spacial score (nSPS) is 13.8. The van der Waals surface area contributed by atoms with E-state index in [4.69, 9.17) is 17.7 Å². The molecule has 0 spiro atoms. The highest BCUT2D eigenvalue weighted by Gasteiger charge is 2.45. The number of allylic oxidation sites excluding steroid dienone is 7. The molecule has 1 aliphatic heterocycles. The maximum absolute atomic E-state index is 15.9. The van der Waals surface area contributed by atoms with Crippen LogP contribution in [0.3, 0.4) is 0 Å². The molecule has 0 N–H and O–H groups in total. The summed E-state index contributed by atoms with van der Waals surface area (Å²) in [6, 6.07) is 73.2. The number of halogens is 12. The lowest BCUT2D eigenvalue weighted by Crippen LogP contribution is -2.28. The van der Waals surface area contributed by atoms with Gasteiger partial charge in [-0.3, -0.25) is 0 Å². The number of alkyl halides is 12. The summed E-state index contributed by atoms with van der Waals surface area (Å²) in [5.41, 5.74) is 5.74. The summed E-state index contributed by atoms with van der Waals surface area (Å²) in [7, 11) is -2.62. The average molecular weight is 1600 g/mol. The van der Waals surface area contributed by atoms with E-state index < -0.39 is 61.0 Å². The molecule has 0 radical (unpaired) electrons. The molecule has 0 unspecified atom stereocenters. The molecule has 16 rings (SSSR count). The Hall–Kier alpha value is -13.9. The van der Waals surface area contributed by atoms with Crippen molar-refractivity contribution in [3.63, 3.8) is 0 Å². The van der Waals surface area contributed by atoms with Gasteiger partial charge in [0.15, 0.2) is 0 Å². The van der Waals surface area contributed by atoms with E-state index >= 15 is 13.2 Å². The second-order valence-electron chi connectivity index (χ2n) is 28.0. The van der Waals surface area contributed by atoms with Crippen LogP contribution in [0.4, 0.5) is 52.7 Å². The summed E-state index contributed by atoms with van der Waals surface area (Å²) in [6.07, 6.45) is -14.0. The van der Waals surface area contributed by atoms with Gasteiger partial charge in [0.1, 0.15) is 8.07 Å². The Morgan fingerprint density at radius 2 is 0.684 bits per heavy atom.